The smallest absolute Gasteiger partial charge is 0.263 e. The van der Waals surface area contributed by atoms with Crippen molar-refractivity contribution < 1.29 is 14.3 Å². The van der Waals surface area contributed by atoms with E-state index in [-0.39, 0.29) is 17.9 Å². The maximum atomic E-state index is 13.1. The largest absolute Gasteiger partial charge is 0.481 e. The monoisotopic (exact) mass is 418 g/mol. The van der Waals surface area contributed by atoms with E-state index in [4.69, 9.17) is 4.74 Å². The van der Waals surface area contributed by atoms with E-state index in [2.05, 4.69) is 10.2 Å². The summed E-state index contributed by atoms with van der Waals surface area (Å²) in [6, 6.07) is 18.6. The fourth-order valence-corrected chi connectivity index (χ4v) is 3.87. The number of aromatic amines is 1. The number of amides is 2. The minimum atomic E-state index is -0.629. The molecule has 2 heterocycles. The second-order valence-corrected chi connectivity index (χ2v) is 7.76. The van der Waals surface area contributed by atoms with Gasteiger partial charge in [-0.05, 0) is 44.2 Å². The second kappa shape index (κ2) is 9.04. The van der Waals surface area contributed by atoms with Crippen molar-refractivity contribution in [2.45, 2.75) is 26.0 Å². The number of nitrogens with zero attached hydrogens (tertiary/aromatic N) is 3. The molecule has 2 aromatic carbocycles. The van der Waals surface area contributed by atoms with Crippen molar-refractivity contribution in [3.63, 3.8) is 0 Å². The molecule has 1 saturated heterocycles. The first-order valence-corrected chi connectivity index (χ1v) is 10.4. The number of carbonyl (C=O) groups excluding carboxylic acids is 2. The Morgan fingerprint density at radius 2 is 1.90 bits per heavy atom. The number of aromatic nitrogens is 2. The molecule has 1 fully saturated rings. The minimum absolute atomic E-state index is 0.000492. The van der Waals surface area contributed by atoms with Gasteiger partial charge in [0.25, 0.3) is 11.8 Å². The van der Waals surface area contributed by atoms with E-state index in [1.807, 2.05) is 72.5 Å². The third-order valence-corrected chi connectivity index (χ3v) is 5.52. The van der Waals surface area contributed by atoms with Gasteiger partial charge in [-0.3, -0.25) is 14.7 Å². The Morgan fingerprint density at radius 3 is 2.61 bits per heavy atom. The number of hydrogen-bond acceptors (Lipinski definition) is 4. The SMILES string of the molecule is C[C@H](Oc1cccc(-c2ccn[nH]2)c1)C(=O)N1CCN(C(=O)c2ccccc2)C[C@H]1C. The van der Waals surface area contributed by atoms with E-state index in [0.29, 0.717) is 30.9 Å². The van der Waals surface area contributed by atoms with E-state index in [9.17, 15) is 9.59 Å². The lowest BCUT2D eigenvalue weighted by molar-refractivity contribution is -0.142. The van der Waals surface area contributed by atoms with Gasteiger partial charge < -0.3 is 14.5 Å². The zero-order valence-corrected chi connectivity index (χ0v) is 17.7. The zero-order chi connectivity index (χ0) is 21.8. The topological polar surface area (TPSA) is 78.5 Å². The minimum Gasteiger partial charge on any atom is -0.481 e. The van der Waals surface area contributed by atoms with Gasteiger partial charge in [-0.1, -0.05) is 30.3 Å². The molecule has 0 unspecified atom stereocenters. The number of benzene rings is 2. The van der Waals surface area contributed by atoms with Gasteiger partial charge in [0.2, 0.25) is 0 Å². The first kappa shape index (κ1) is 20.7. The summed E-state index contributed by atoms with van der Waals surface area (Å²) in [7, 11) is 0. The van der Waals surface area contributed by atoms with Crippen LogP contribution >= 0.6 is 0 Å². The predicted octanol–water partition coefficient (Wildman–Crippen LogP) is 3.22. The number of piperazine rings is 1. The van der Waals surface area contributed by atoms with Crippen LogP contribution in [0.4, 0.5) is 0 Å². The Labute approximate surface area is 181 Å². The molecule has 31 heavy (non-hydrogen) atoms. The fourth-order valence-electron chi connectivity index (χ4n) is 3.87. The lowest BCUT2D eigenvalue weighted by Crippen LogP contribution is -2.57. The number of H-pyrrole nitrogens is 1. The van der Waals surface area contributed by atoms with E-state index >= 15 is 0 Å². The first-order chi connectivity index (χ1) is 15.0. The quantitative estimate of drug-likeness (QED) is 0.690. The van der Waals surface area contributed by atoms with Crippen LogP contribution in [0.25, 0.3) is 11.3 Å². The van der Waals surface area contributed by atoms with Gasteiger partial charge in [0.1, 0.15) is 5.75 Å². The molecule has 0 aliphatic carbocycles. The molecule has 1 aliphatic heterocycles. The van der Waals surface area contributed by atoms with Crippen molar-refractivity contribution in [2.75, 3.05) is 19.6 Å². The van der Waals surface area contributed by atoms with Crippen LogP contribution in [-0.2, 0) is 4.79 Å². The van der Waals surface area contributed by atoms with Crippen LogP contribution in [0.3, 0.4) is 0 Å². The molecule has 4 rings (SSSR count). The summed E-state index contributed by atoms with van der Waals surface area (Å²) in [6.07, 6.45) is 1.06. The van der Waals surface area contributed by atoms with Gasteiger partial charge in [-0.25, -0.2) is 0 Å². The molecular formula is C24H26N4O3. The van der Waals surface area contributed by atoms with Crippen LogP contribution in [0, 0.1) is 0 Å². The van der Waals surface area contributed by atoms with Gasteiger partial charge >= 0.3 is 0 Å². The second-order valence-electron chi connectivity index (χ2n) is 7.76. The molecule has 0 spiro atoms. The highest BCUT2D eigenvalue weighted by Gasteiger charge is 2.33. The van der Waals surface area contributed by atoms with Gasteiger partial charge in [0.05, 0.1) is 5.69 Å². The molecule has 1 aliphatic rings. The van der Waals surface area contributed by atoms with E-state index < -0.39 is 6.10 Å². The predicted molar refractivity (Wildman–Crippen MR) is 118 cm³/mol. The highest BCUT2D eigenvalue weighted by Crippen LogP contribution is 2.23. The molecule has 7 nitrogen and oxygen atoms in total. The molecule has 2 amide bonds. The molecule has 0 saturated carbocycles. The Balaban J connectivity index is 1.37. The van der Waals surface area contributed by atoms with Crippen LogP contribution in [0.1, 0.15) is 24.2 Å². The lowest BCUT2D eigenvalue weighted by Gasteiger charge is -2.40. The summed E-state index contributed by atoms with van der Waals surface area (Å²) < 4.78 is 5.95. The van der Waals surface area contributed by atoms with Gasteiger partial charge in [-0.15, -0.1) is 0 Å². The third-order valence-electron chi connectivity index (χ3n) is 5.52. The van der Waals surface area contributed by atoms with Crippen molar-refractivity contribution in [1.82, 2.24) is 20.0 Å². The number of hydrogen-bond donors (Lipinski definition) is 1. The molecule has 160 valence electrons. The molecule has 0 bridgehead atoms. The van der Waals surface area contributed by atoms with Gasteiger partial charge in [-0.2, -0.15) is 5.10 Å². The lowest BCUT2D eigenvalue weighted by atomic mass is 10.1. The van der Waals surface area contributed by atoms with Crippen molar-refractivity contribution >= 4 is 11.8 Å². The Hall–Kier alpha value is -3.61. The Morgan fingerprint density at radius 1 is 1.10 bits per heavy atom. The third kappa shape index (κ3) is 4.60. The van der Waals surface area contributed by atoms with Gasteiger partial charge in [0, 0.05) is 43.0 Å². The van der Waals surface area contributed by atoms with Crippen LogP contribution in [-0.4, -0.2) is 63.6 Å². The molecular weight excluding hydrogens is 392 g/mol. The summed E-state index contributed by atoms with van der Waals surface area (Å²) in [6.45, 7) is 5.22. The summed E-state index contributed by atoms with van der Waals surface area (Å²) >= 11 is 0. The highest BCUT2D eigenvalue weighted by molar-refractivity contribution is 5.94. The van der Waals surface area contributed by atoms with Crippen molar-refractivity contribution in [2.24, 2.45) is 0 Å². The fraction of sp³-hybridized carbons (Fsp3) is 0.292. The summed E-state index contributed by atoms with van der Waals surface area (Å²) in [5.41, 5.74) is 2.50. The molecule has 1 N–H and O–H groups in total. The number of rotatable bonds is 5. The van der Waals surface area contributed by atoms with Crippen LogP contribution in [0.5, 0.6) is 5.75 Å². The number of nitrogens with one attached hydrogen (secondary N) is 1. The Kier molecular flexibility index (Phi) is 6.02. The average molecular weight is 418 g/mol. The molecule has 0 radical (unpaired) electrons. The number of ether oxygens (including phenoxy) is 1. The first-order valence-electron chi connectivity index (χ1n) is 10.4. The van der Waals surface area contributed by atoms with E-state index in [1.54, 1.807) is 18.0 Å². The molecule has 3 aromatic rings. The molecule has 1 aromatic heterocycles. The van der Waals surface area contributed by atoms with E-state index in [1.165, 1.54) is 0 Å². The van der Waals surface area contributed by atoms with Crippen LogP contribution in [0.2, 0.25) is 0 Å². The maximum Gasteiger partial charge on any atom is 0.263 e. The van der Waals surface area contributed by atoms with Crippen molar-refractivity contribution in [3.8, 4) is 17.0 Å². The highest BCUT2D eigenvalue weighted by atomic mass is 16.5. The average Bonchev–Trinajstić information content (AvgIpc) is 3.34. The zero-order valence-electron chi connectivity index (χ0n) is 17.7. The Bertz CT molecular complexity index is 1040. The van der Waals surface area contributed by atoms with Crippen LogP contribution < -0.4 is 4.74 Å². The standard InChI is InChI=1S/C24H26N4O3/c1-17-16-27(24(30)19-7-4-3-5-8-19)13-14-28(17)23(29)18(2)31-21-10-6-9-20(15-21)22-11-12-25-26-22/h3-12,15,17-18H,13-14,16H2,1-2H3,(H,25,26)/t17-,18+/m1/s1. The summed E-state index contributed by atoms with van der Waals surface area (Å²) in [5, 5.41) is 6.90. The molecule has 2 atom stereocenters. The normalized spacial score (nSPS) is 17.3. The maximum absolute atomic E-state index is 13.1. The summed E-state index contributed by atoms with van der Waals surface area (Å²) in [4.78, 5) is 29.4. The number of carbonyl (C=O) groups is 2. The van der Waals surface area contributed by atoms with Gasteiger partial charge in [0.15, 0.2) is 6.10 Å². The van der Waals surface area contributed by atoms with Crippen molar-refractivity contribution in [3.05, 3.63) is 72.4 Å². The van der Waals surface area contributed by atoms with Crippen LogP contribution in [0.15, 0.2) is 66.9 Å². The van der Waals surface area contributed by atoms with E-state index in [0.717, 1.165) is 11.3 Å². The molecule has 7 heteroatoms. The summed E-state index contributed by atoms with van der Waals surface area (Å²) in [5.74, 6) is 0.546. The van der Waals surface area contributed by atoms with Crippen molar-refractivity contribution in [1.29, 1.82) is 0 Å².